The Balaban J connectivity index is 1.53. The molecule has 7 nitrogen and oxygen atoms in total. The number of aromatic nitrogens is 4. The number of carbonyl (C=O) groups excluding carboxylic acids is 1. The number of nitrogens with zero attached hydrogens (tertiary/aromatic N) is 5. The highest BCUT2D eigenvalue weighted by Gasteiger charge is 2.33. The van der Waals surface area contributed by atoms with Crippen LogP contribution < -0.4 is 0 Å². The lowest BCUT2D eigenvalue weighted by Crippen LogP contribution is -2.33. The molecule has 0 aliphatic carbocycles. The normalized spacial score (nSPS) is 17.5. The van der Waals surface area contributed by atoms with Crippen LogP contribution in [0, 0.1) is 6.92 Å². The van der Waals surface area contributed by atoms with E-state index in [1.165, 1.54) is 11.8 Å². The Bertz CT molecular complexity index is 919. The molecule has 25 heavy (non-hydrogen) atoms. The zero-order chi connectivity index (χ0) is 17.4. The summed E-state index contributed by atoms with van der Waals surface area (Å²) in [6.07, 6.45) is 1.93. The Morgan fingerprint density at radius 2 is 2.20 bits per heavy atom. The molecule has 1 atom stereocenters. The van der Waals surface area contributed by atoms with Crippen LogP contribution in [0.3, 0.4) is 0 Å². The van der Waals surface area contributed by atoms with Gasteiger partial charge in [-0.2, -0.15) is 0 Å². The largest absolute Gasteiger partial charge is 0.416 e. The summed E-state index contributed by atoms with van der Waals surface area (Å²) in [5.74, 6) is 1.83. The van der Waals surface area contributed by atoms with Crippen molar-refractivity contribution in [3.05, 3.63) is 36.0 Å². The average Bonchev–Trinajstić information content (AvgIpc) is 3.32. The Hall–Kier alpha value is -2.35. The molecule has 2 aromatic heterocycles. The Morgan fingerprint density at radius 3 is 2.96 bits per heavy atom. The second-order valence-corrected chi connectivity index (χ2v) is 7.07. The summed E-state index contributed by atoms with van der Waals surface area (Å²) < 4.78 is 7.42. The van der Waals surface area contributed by atoms with Crippen LogP contribution in [0.15, 0.2) is 33.9 Å². The van der Waals surface area contributed by atoms with Gasteiger partial charge in [-0.15, -0.1) is 10.2 Å². The van der Waals surface area contributed by atoms with E-state index in [-0.39, 0.29) is 11.9 Å². The fourth-order valence-corrected chi connectivity index (χ4v) is 4.03. The molecule has 3 aromatic rings. The number of fused-ring (bicyclic) bond motifs is 1. The summed E-state index contributed by atoms with van der Waals surface area (Å²) >= 11 is 1.28. The molecule has 1 aliphatic heterocycles. The van der Waals surface area contributed by atoms with Crippen LogP contribution in [0.2, 0.25) is 0 Å². The molecule has 1 aliphatic rings. The number of aryl methyl sites for hydroxylation is 2. The van der Waals surface area contributed by atoms with Crippen molar-refractivity contribution in [1.29, 1.82) is 0 Å². The van der Waals surface area contributed by atoms with Crippen molar-refractivity contribution in [2.45, 2.75) is 31.0 Å². The predicted octanol–water partition coefficient (Wildman–Crippen LogP) is 2.72. The fourth-order valence-electron chi connectivity index (χ4n) is 3.34. The van der Waals surface area contributed by atoms with Crippen LogP contribution >= 0.6 is 11.8 Å². The van der Waals surface area contributed by atoms with E-state index in [4.69, 9.17) is 9.40 Å². The van der Waals surface area contributed by atoms with Gasteiger partial charge in [0.2, 0.25) is 11.8 Å². The van der Waals surface area contributed by atoms with Crippen LogP contribution in [-0.2, 0) is 11.8 Å². The molecule has 0 N–H and O–H groups in total. The van der Waals surface area contributed by atoms with Gasteiger partial charge in [0.1, 0.15) is 5.82 Å². The second kappa shape index (κ2) is 6.51. The summed E-state index contributed by atoms with van der Waals surface area (Å²) in [5, 5.41) is 8.14. The van der Waals surface area contributed by atoms with E-state index >= 15 is 0 Å². The van der Waals surface area contributed by atoms with Gasteiger partial charge in [-0.25, -0.2) is 4.98 Å². The molecule has 0 radical (unpaired) electrons. The van der Waals surface area contributed by atoms with Gasteiger partial charge >= 0.3 is 0 Å². The number of hydrogen-bond acceptors (Lipinski definition) is 6. The maximum Gasteiger partial charge on any atom is 0.277 e. The van der Waals surface area contributed by atoms with Crippen molar-refractivity contribution in [2.24, 2.45) is 7.05 Å². The van der Waals surface area contributed by atoms with Crippen molar-refractivity contribution in [3.8, 4) is 0 Å². The average molecular weight is 357 g/mol. The fraction of sp³-hybridized carbons (Fsp3) is 0.412. The molecular weight excluding hydrogens is 338 g/mol. The van der Waals surface area contributed by atoms with Crippen LogP contribution in [0.4, 0.5) is 0 Å². The van der Waals surface area contributed by atoms with Crippen molar-refractivity contribution >= 4 is 28.7 Å². The molecule has 0 saturated carbocycles. The van der Waals surface area contributed by atoms with Crippen molar-refractivity contribution in [2.75, 3.05) is 12.3 Å². The van der Waals surface area contributed by atoms with E-state index in [0.717, 1.165) is 36.2 Å². The number of carbonyl (C=O) groups is 1. The van der Waals surface area contributed by atoms with Gasteiger partial charge in [0.15, 0.2) is 0 Å². The number of benzene rings is 1. The minimum Gasteiger partial charge on any atom is -0.416 e. The first-order chi connectivity index (χ1) is 12.1. The number of likely N-dealkylation sites (tertiary alicyclic amines) is 1. The molecule has 4 rings (SSSR count). The number of amides is 1. The minimum absolute atomic E-state index is 0.0231. The lowest BCUT2D eigenvalue weighted by Gasteiger charge is -2.24. The third-order valence-electron chi connectivity index (χ3n) is 4.52. The molecular formula is C17H19N5O2S. The summed E-state index contributed by atoms with van der Waals surface area (Å²) in [6.45, 7) is 2.50. The number of para-hydroxylation sites is 2. The highest BCUT2D eigenvalue weighted by molar-refractivity contribution is 7.99. The van der Waals surface area contributed by atoms with Crippen molar-refractivity contribution < 1.29 is 9.21 Å². The lowest BCUT2D eigenvalue weighted by atomic mass is 10.2. The molecule has 1 amide bonds. The number of imidazole rings is 1. The number of rotatable bonds is 4. The van der Waals surface area contributed by atoms with Gasteiger partial charge in [0.05, 0.1) is 22.8 Å². The van der Waals surface area contributed by atoms with Crippen molar-refractivity contribution in [3.63, 3.8) is 0 Å². The topological polar surface area (TPSA) is 77.1 Å². The monoisotopic (exact) mass is 357 g/mol. The third-order valence-corrected chi connectivity index (χ3v) is 5.32. The molecule has 3 heterocycles. The second-order valence-electron chi connectivity index (χ2n) is 6.14. The standard InChI is InChI=1S/C17H19N5O2S/c1-11-19-20-17(24-11)25-10-15(23)22-9-5-8-14(22)16-18-12-6-3-4-7-13(12)21(16)2/h3-4,6-7,14H,5,8-10H2,1-2H3/t14-/m1/s1. The Kier molecular flexibility index (Phi) is 4.20. The van der Waals surface area contributed by atoms with E-state index in [1.54, 1.807) is 6.92 Å². The smallest absolute Gasteiger partial charge is 0.277 e. The molecule has 0 unspecified atom stereocenters. The molecule has 0 bridgehead atoms. The summed E-state index contributed by atoms with van der Waals surface area (Å²) in [7, 11) is 2.02. The van der Waals surface area contributed by atoms with E-state index in [0.29, 0.717) is 16.9 Å². The van der Waals surface area contributed by atoms with Crippen LogP contribution in [0.25, 0.3) is 11.0 Å². The van der Waals surface area contributed by atoms with Gasteiger partial charge in [0, 0.05) is 20.5 Å². The Morgan fingerprint density at radius 1 is 1.36 bits per heavy atom. The van der Waals surface area contributed by atoms with Crippen LogP contribution in [-0.4, -0.2) is 42.9 Å². The first-order valence-corrected chi connectivity index (χ1v) is 9.26. The minimum atomic E-state index is 0.0231. The van der Waals surface area contributed by atoms with Gasteiger partial charge < -0.3 is 13.9 Å². The van der Waals surface area contributed by atoms with E-state index < -0.39 is 0 Å². The van der Waals surface area contributed by atoms with E-state index in [9.17, 15) is 4.79 Å². The molecule has 1 saturated heterocycles. The maximum absolute atomic E-state index is 12.7. The predicted molar refractivity (Wildman–Crippen MR) is 94.2 cm³/mol. The maximum atomic E-state index is 12.7. The molecule has 0 spiro atoms. The third kappa shape index (κ3) is 3.02. The number of hydrogen-bond donors (Lipinski definition) is 0. The quantitative estimate of drug-likeness (QED) is 0.668. The Labute approximate surface area is 149 Å². The highest BCUT2D eigenvalue weighted by atomic mass is 32.2. The highest BCUT2D eigenvalue weighted by Crippen LogP contribution is 2.33. The van der Waals surface area contributed by atoms with Gasteiger partial charge in [-0.3, -0.25) is 4.79 Å². The first kappa shape index (κ1) is 16.1. The van der Waals surface area contributed by atoms with Crippen LogP contribution in [0.1, 0.15) is 30.6 Å². The van der Waals surface area contributed by atoms with E-state index in [1.807, 2.05) is 30.1 Å². The summed E-state index contributed by atoms with van der Waals surface area (Å²) in [5.41, 5.74) is 2.06. The lowest BCUT2D eigenvalue weighted by molar-refractivity contribution is -0.129. The van der Waals surface area contributed by atoms with Gasteiger partial charge in [-0.1, -0.05) is 23.9 Å². The molecule has 8 heteroatoms. The zero-order valence-electron chi connectivity index (χ0n) is 14.2. The van der Waals surface area contributed by atoms with Gasteiger partial charge in [0.25, 0.3) is 5.22 Å². The SMILES string of the molecule is Cc1nnc(SCC(=O)N2CCC[C@@H]2c2nc3ccccc3n2C)o1. The number of thioether (sulfide) groups is 1. The zero-order valence-corrected chi connectivity index (χ0v) is 15.0. The van der Waals surface area contributed by atoms with E-state index in [2.05, 4.69) is 20.8 Å². The molecule has 1 aromatic carbocycles. The van der Waals surface area contributed by atoms with Gasteiger partial charge in [-0.05, 0) is 25.0 Å². The summed E-state index contributed by atoms with van der Waals surface area (Å²) in [4.78, 5) is 19.4. The molecule has 1 fully saturated rings. The molecule has 130 valence electrons. The summed E-state index contributed by atoms with van der Waals surface area (Å²) in [6, 6.07) is 8.08. The van der Waals surface area contributed by atoms with Crippen molar-refractivity contribution in [1.82, 2.24) is 24.6 Å². The first-order valence-electron chi connectivity index (χ1n) is 8.27. The van der Waals surface area contributed by atoms with Crippen LogP contribution in [0.5, 0.6) is 0 Å².